The number of hydrogen-bond acceptors (Lipinski definition) is 8. The molecular formula is C24H19ClN4O5S. The largest absolute Gasteiger partial charge is 0.465 e. The summed E-state index contributed by atoms with van der Waals surface area (Å²) in [5, 5.41) is 5.58. The number of benzene rings is 2. The third-order valence-corrected chi connectivity index (χ3v) is 6.50. The fourth-order valence-corrected chi connectivity index (χ4v) is 4.42. The topological polar surface area (TPSA) is 118 Å². The maximum absolute atomic E-state index is 12.8. The van der Waals surface area contributed by atoms with Crippen molar-refractivity contribution in [3.8, 4) is 0 Å². The summed E-state index contributed by atoms with van der Waals surface area (Å²) in [4.78, 5) is 55.2. The first-order valence-corrected chi connectivity index (χ1v) is 11.5. The van der Waals surface area contributed by atoms with E-state index in [1.807, 2.05) is 30.3 Å². The Balaban J connectivity index is 1.42. The minimum Gasteiger partial charge on any atom is -0.465 e. The average Bonchev–Trinajstić information content (AvgIpc) is 3.32. The van der Waals surface area contributed by atoms with Crippen LogP contribution in [0.1, 0.15) is 31.3 Å². The lowest BCUT2D eigenvalue weighted by molar-refractivity contribution is -0.138. The van der Waals surface area contributed by atoms with Gasteiger partial charge >= 0.3 is 5.97 Å². The predicted molar refractivity (Wildman–Crippen MR) is 131 cm³/mol. The number of nitrogens with one attached hydrogen (secondary N) is 2. The molecule has 1 aromatic heterocycles. The van der Waals surface area contributed by atoms with Gasteiger partial charge in [0.1, 0.15) is 15.6 Å². The second-order valence-corrected chi connectivity index (χ2v) is 8.83. The minimum atomic E-state index is -0.580. The fourth-order valence-electron chi connectivity index (χ4n) is 3.31. The number of thiazole rings is 1. The highest BCUT2D eigenvalue weighted by atomic mass is 35.5. The molecule has 2 aromatic carbocycles. The standard InChI is InChI=1S/C24H19ClN4O5S/c1-13-19(23(33)34-2)35-24(26-13)28-20(30)15-8-10-16(11-9-15)27-18-17(25)21(31)29(22(18)32)12-14-6-4-3-5-7-14/h3-11,27H,12H2,1-2H3,(H,26,28,30). The summed E-state index contributed by atoms with van der Waals surface area (Å²) in [5.41, 5.74) is 2.01. The van der Waals surface area contributed by atoms with Gasteiger partial charge in [-0.05, 0) is 36.8 Å². The molecule has 4 rings (SSSR count). The van der Waals surface area contributed by atoms with E-state index in [2.05, 4.69) is 15.6 Å². The van der Waals surface area contributed by atoms with Gasteiger partial charge in [-0.1, -0.05) is 53.3 Å². The van der Waals surface area contributed by atoms with Crippen LogP contribution in [0.25, 0.3) is 0 Å². The Kier molecular flexibility index (Phi) is 6.94. The molecule has 178 valence electrons. The van der Waals surface area contributed by atoms with Gasteiger partial charge in [0.25, 0.3) is 17.7 Å². The van der Waals surface area contributed by atoms with Gasteiger partial charge in [-0.15, -0.1) is 0 Å². The van der Waals surface area contributed by atoms with E-state index in [0.717, 1.165) is 21.8 Å². The first-order chi connectivity index (χ1) is 16.8. The summed E-state index contributed by atoms with van der Waals surface area (Å²) in [6.45, 7) is 1.75. The van der Waals surface area contributed by atoms with Crippen molar-refractivity contribution in [1.82, 2.24) is 9.88 Å². The van der Waals surface area contributed by atoms with Crippen LogP contribution < -0.4 is 10.6 Å². The number of ether oxygens (including phenoxy) is 1. The van der Waals surface area contributed by atoms with Gasteiger partial charge in [-0.3, -0.25) is 24.6 Å². The molecule has 2 heterocycles. The number of methoxy groups -OCH3 is 1. The van der Waals surface area contributed by atoms with Crippen LogP contribution in [0.4, 0.5) is 10.8 Å². The molecule has 0 atom stereocenters. The second-order valence-electron chi connectivity index (χ2n) is 7.45. The number of carbonyl (C=O) groups is 4. The molecule has 0 fully saturated rings. The number of rotatable bonds is 7. The van der Waals surface area contributed by atoms with Crippen LogP contribution >= 0.6 is 22.9 Å². The highest BCUT2D eigenvalue weighted by molar-refractivity contribution is 7.17. The number of imide groups is 1. The first-order valence-electron chi connectivity index (χ1n) is 10.3. The van der Waals surface area contributed by atoms with Crippen LogP contribution in [0, 0.1) is 6.92 Å². The summed E-state index contributed by atoms with van der Waals surface area (Å²) in [5.74, 6) is -2.07. The average molecular weight is 511 g/mol. The Morgan fingerprint density at radius 3 is 2.40 bits per heavy atom. The van der Waals surface area contributed by atoms with Crippen LogP contribution in [0.15, 0.2) is 65.3 Å². The number of aromatic nitrogens is 1. The van der Waals surface area contributed by atoms with E-state index in [1.165, 1.54) is 19.2 Å². The highest BCUT2D eigenvalue weighted by Gasteiger charge is 2.37. The van der Waals surface area contributed by atoms with Crippen molar-refractivity contribution in [1.29, 1.82) is 0 Å². The summed E-state index contributed by atoms with van der Waals surface area (Å²) in [6, 6.07) is 15.3. The molecule has 1 aliphatic heterocycles. The van der Waals surface area contributed by atoms with Gasteiger partial charge in [-0.2, -0.15) is 0 Å². The zero-order valence-electron chi connectivity index (χ0n) is 18.6. The minimum absolute atomic E-state index is 0.0293. The lowest BCUT2D eigenvalue weighted by Crippen LogP contribution is -2.31. The van der Waals surface area contributed by atoms with E-state index >= 15 is 0 Å². The number of amides is 3. The van der Waals surface area contributed by atoms with Crippen LogP contribution in [-0.4, -0.2) is 40.7 Å². The third kappa shape index (κ3) is 5.08. The molecule has 0 saturated carbocycles. The van der Waals surface area contributed by atoms with E-state index in [9.17, 15) is 19.2 Å². The molecule has 1 aliphatic rings. The van der Waals surface area contributed by atoms with Crippen molar-refractivity contribution in [2.24, 2.45) is 0 Å². The van der Waals surface area contributed by atoms with Crippen molar-refractivity contribution in [2.75, 3.05) is 17.7 Å². The second kappa shape index (κ2) is 10.1. The number of hydrogen-bond donors (Lipinski definition) is 2. The molecule has 3 amide bonds. The Morgan fingerprint density at radius 1 is 1.06 bits per heavy atom. The summed E-state index contributed by atoms with van der Waals surface area (Å²) < 4.78 is 4.70. The Bertz CT molecular complexity index is 1350. The SMILES string of the molecule is COC(=O)c1sc(NC(=O)c2ccc(NC3=C(Cl)C(=O)N(Cc4ccccc4)C3=O)cc2)nc1C. The maximum atomic E-state index is 12.8. The molecule has 9 nitrogen and oxygen atoms in total. The molecule has 11 heteroatoms. The van der Waals surface area contributed by atoms with Crippen molar-refractivity contribution < 1.29 is 23.9 Å². The zero-order valence-corrected chi connectivity index (χ0v) is 20.2. The lowest BCUT2D eigenvalue weighted by atomic mass is 10.2. The molecule has 35 heavy (non-hydrogen) atoms. The number of anilines is 2. The number of halogens is 1. The van der Waals surface area contributed by atoms with Crippen molar-refractivity contribution in [3.63, 3.8) is 0 Å². The summed E-state index contributed by atoms with van der Waals surface area (Å²) in [6.07, 6.45) is 0. The molecule has 3 aromatic rings. The summed E-state index contributed by atoms with van der Waals surface area (Å²) >= 11 is 7.17. The van der Waals surface area contributed by atoms with Crippen LogP contribution in [-0.2, 0) is 20.9 Å². The van der Waals surface area contributed by atoms with Gasteiger partial charge < -0.3 is 10.1 Å². The van der Waals surface area contributed by atoms with Crippen molar-refractivity contribution in [2.45, 2.75) is 13.5 Å². The lowest BCUT2D eigenvalue weighted by Gasteiger charge is -2.15. The van der Waals surface area contributed by atoms with Gasteiger partial charge in [0.05, 0.1) is 19.3 Å². The molecule has 0 aliphatic carbocycles. The molecule has 0 bridgehead atoms. The van der Waals surface area contributed by atoms with E-state index in [-0.39, 0.29) is 22.4 Å². The van der Waals surface area contributed by atoms with E-state index in [4.69, 9.17) is 16.3 Å². The van der Waals surface area contributed by atoms with Gasteiger partial charge in [0.2, 0.25) is 0 Å². The van der Waals surface area contributed by atoms with E-state index in [1.54, 1.807) is 19.1 Å². The number of carbonyl (C=O) groups excluding carboxylic acids is 4. The molecular weight excluding hydrogens is 492 g/mol. The van der Waals surface area contributed by atoms with Gasteiger partial charge in [0, 0.05) is 11.3 Å². The number of aryl methyl sites for hydroxylation is 1. The monoisotopic (exact) mass is 510 g/mol. The molecule has 0 saturated heterocycles. The highest BCUT2D eigenvalue weighted by Crippen LogP contribution is 2.28. The molecule has 0 unspecified atom stereocenters. The van der Waals surface area contributed by atoms with Crippen LogP contribution in [0.5, 0.6) is 0 Å². The Morgan fingerprint density at radius 2 is 1.74 bits per heavy atom. The Labute approximate surface area is 209 Å². The maximum Gasteiger partial charge on any atom is 0.350 e. The molecule has 0 spiro atoms. The van der Waals surface area contributed by atoms with Crippen molar-refractivity contribution >= 4 is 57.4 Å². The van der Waals surface area contributed by atoms with Gasteiger partial charge in [-0.25, -0.2) is 9.78 Å². The smallest absolute Gasteiger partial charge is 0.350 e. The molecule has 0 radical (unpaired) electrons. The zero-order chi connectivity index (χ0) is 25.1. The first kappa shape index (κ1) is 24.1. The normalized spacial score (nSPS) is 13.3. The summed E-state index contributed by atoms with van der Waals surface area (Å²) in [7, 11) is 1.27. The van der Waals surface area contributed by atoms with E-state index in [0.29, 0.717) is 21.8 Å². The van der Waals surface area contributed by atoms with Gasteiger partial charge in [0.15, 0.2) is 5.13 Å². The van der Waals surface area contributed by atoms with Crippen LogP contribution in [0.3, 0.4) is 0 Å². The molecule has 2 N–H and O–H groups in total. The predicted octanol–water partition coefficient (Wildman–Crippen LogP) is 3.92. The van der Waals surface area contributed by atoms with Crippen molar-refractivity contribution in [3.05, 3.63) is 87.0 Å². The Hall–Kier alpha value is -4.02. The van der Waals surface area contributed by atoms with E-state index < -0.39 is 23.7 Å². The number of esters is 1. The number of nitrogens with zero attached hydrogens (tertiary/aromatic N) is 2. The fraction of sp³-hybridized carbons (Fsp3) is 0.125. The quantitative estimate of drug-likeness (QED) is 0.365. The van der Waals surface area contributed by atoms with Crippen LogP contribution in [0.2, 0.25) is 0 Å². The third-order valence-electron chi connectivity index (χ3n) is 5.10.